The summed E-state index contributed by atoms with van der Waals surface area (Å²) in [4.78, 5) is 24.8. The third-order valence-corrected chi connectivity index (χ3v) is 3.84. The lowest BCUT2D eigenvalue weighted by Gasteiger charge is -2.19. The fourth-order valence-corrected chi connectivity index (χ4v) is 2.43. The number of thioether (sulfide) groups is 1. The van der Waals surface area contributed by atoms with Crippen LogP contribution >= 0.6 is 24.4 Å². The molecule has 1 heterocycles. The van der Waals surface area contributed by atoms with Crippen LogP contribution in [0.5, 0.6) is 0 Å². The molecule has 1 aromatic carbocycles. The van der Waals surface area contributed by atoms with Gasteiger partial charge in [-0.3, -0.25) is 9.59 Å². The van der Waals surface area contributed by atoms with Crippen LogP contribution in [0.1, 0.15) is 5.56 Å². The molecule has 1 aliphatic heterocycles. The predicted molar refractivity (Wildman–Crippen MR) is 71.6 cm³/mol. The van der Waals surface area contributed by atoms with Crippen LogP contribution in [-0.2, 0) is 11.3 Å². The van der Waals surface area contributed by atoms with Gasteiger partial charge in [0.1, 0.15) is 0 Å². The van der Waals surface area contributed by atoms with Gasteiger partial charge in [-0.2, -0.15) is 0 Å². The Morgan fingerprint density at radius 3 is 3.06 bits per heavy atom. The quantitative estimate of drug-likeness (QED) is 0.809. The number of nitrogens with one attached hydrogen (secondary N) is 1. The molecular weight excluding hydrogens is 256 g/mol. The maximum atomic E-state index is 11.3. The Hall–Kier alpha value is -1.14. The first-order valence-electron chi connectivity index (χ1n) is 5.06. The second kappa shape index (κ2) is 5.01. The van der Waals surface area contributed by atoms with Crippen LogP contribution in [0.4, 0.5) is 10.5 Å². The van der Waals surface area contributed by atoms with E-state index in [2.05, 4.69) is 17.9 Å². The molecule has 1 aromatic rings. The molecule has 0 unspecified atom stereocenters. The van der Waals surface area contributed by atoms with E-state index in [1.54, 1.807) is 7.05 Å². The molecule has 0 radical (unpaired) electrons. The molecule has 1 N–H and O–H groups in total. The van der Waals surface area contributed by atoms with Gasteiger partial charge in [0.05, 0.1) is 11.4 Å². The zero-order valence-corrected chi connectivity index (χ0v) is 11.0. The second-order valence-corrected chi connectivity index (χ2v) is 5.21. The Kier molecular flexibility index (Phi) is 3.63. The topological polar surface area (TPSA) is 49.4 Å². The van der Waals surface area contributed by atoms with Crippen LogP contribution in [0.15, 0.2) is 23.1 Å². The number of hydrogen-bond acceptors (Lipinski definition) is 3. The molecule has 0 atom stereocenters. The van der Waals surface area contributed by atoms with E-state index in [4.69, 9.17) is 0 Å². The van der Waals surface area contributed by atoms with Gasteiger partial charge in [-0.25, -0.2) is 0 Å². The van der Waals surface area contributed by atoms with E-state index in [1.165, 1.54) is 16.7 Å². The number of fused-ring (bicyclic) bond motifs is 1. The number of rotatable bonds is 2. The molecule has 17 heavy (non-hydrogen) atoms. The number of anilines is 1. The third-order valence-electron chi connectivity index (χ3n) is 2.42. The first-order chi connectivity index (χ1) is 8.06. The van der Waals surface area contributed by atoms with E-state index in [1.807, 2.05) is 18.2 Å². The van der Waals surface area contributed by atoms with E-state index < -0.39 is 0 Å². The maximum Gasteiger partial charge on any atom is 0.278 e. The average Bonchev–Trinajstić information content (AvgIpc) is 2.28. The van der Waals surface area contributed by atoms with E-state index in [0.29, 0.717) is 12.3 Å². The molecule has 6 heteroatoms. The SMILES string of the molecule is CN(Cc1ccc2c(c1)NC(=O)CS2)C(=O)S. The minimum absolute atomic E-state index is 0.0123. The number of amides is 2. The highest BCUT2D eigenvalue weighted by Gasteiger charge is 2.15. The molecule has 0 aliphatic carbocycles. The largest absolute Gasteiger partial charge is 0.333 e. The third kappa shape index (κ3) is 2.95. The minimum Gasteiger partial charge on any atom is -0.333 e. The predicted octanol–water partition coefficient (Wildman–Crippen LogP) is 2.21. The highest BCUT2D eigenvalue weighted by molar-refractivity contribution is 8.00. The zero-order chi connectivity index (χ0) is 12.4. The molecule has 4 nitrogen and oxygen atoms in total. The normalized spacial score (nSPS) is 13.9. The van der Waals surface area contributed by atoms with Gasteiger partial charge < -0.3 is 10.2 Å². The minimum atomic E-state index is -0.277. The Bertz CT molecular complexity index is 477. The number of benzene rings is 1. The van der Waals surface area contributed by atoms with Crippen molar-refractivity contribution in [3.63, 3.8) is 0 Å². The molecule has 2 amide bonds. The van der Waals surface area contributed by atoms with Crippen LogP contribution in [0.3, 0.4) is 0 Å². The first-order valence-corrected chi connectivity index (χ1v) is 6.49. The molecule has 0 spiro atoms. The van der Waals surface area contributed by atoms with Gasteiger partial charge in [0.15, 0.2) is 0 Å². The van der Waals surface area contributed by atoms with Crippen LogP contribution in [0, 0.1) is 0 Å². The van der Waals surface area contributed by atoms with Crippen LogP contribution in [0.2, 0.25) is 0 Å². The summed E-state index contributed by atoms with van der Waals surface area (Å²) < 4.78 is 0. The standard InChI is InChI=1S/C11H12N2O2S2/c1-13(11(15)16)5-7-2-3-9-8(4-7)12-10(14)6-17-9/h2-4H,5-6H2,1H3,(H,12,14)(H,15,16). The number of hydrogen-bond donors (Lipinski definition) is 2. The summed E-state index contributed by atoms with van der Waals surface area (Å²) in [5, 5.41) is 2.54. The summed E-state index contributed by atoms with van der Waals surface area (Å²) in [6.45, 7) is 0.482. The number of nitrogens with zero attached hydrogens (tertiary/aromatic N) is 1. The van der Waals surface area contributed by atoms with Crippen LogP contribution in [-0.4, -0.2) is 28.8 Å². The Balaban J connectivity index is 2.18. The highest BCUT2D eigenvalue weighted by atomic mass is 32.2. The van der Waals surface area contributed by atoms with Crippen molar-refractivity contribution < 1.29 is 9.59 Å². The fourth-order valence-electron chi connectivity index (χ4n) is 1.57. The van der Waals surface area contributed by atoms with E-state index in [0.717, 1.165) is 16.1 Å². The van der Waals surface area contributed by atoms with Gasteiger partial charge in [0.25, 0.3) is 5.24 Å². The molecule has 0 saturated heterocycles. The number of thiol groups is 1. The van der Waals surface area contributed by atoms with Gasteiger partial charge in [0, 0.05) is 18.5 Å². The summed E-state index contributed by atoms with van der Waals surface area (Å²) in [7, 11) is 1.68. The summed E-state index contributed by atoms with van der Waals surface area (Å²) in [5.41, 5.74) is 1.79. The maximum absolute atomic E-state index is 11.3. The number of carbonyl (C=O) groups excluding carboxylic acids is 2. The second-order valence-electron chi connectivity index (χ2n) is 3.81. The van der Waals surface area contributed by atoms with Crippen molar-refractivity contribution in [2.24, 2.45) is 0 Å². The molecule has 0 bridgehead atoms. The van der Waals surface area contributed by atoms with Crippen molar-refractivity contribution in [3.05, 3.63) is 23.8 Å². The molecule has 0 fully saturated rings. The lowest BCUT2D eigenvalue weighted by Crippen LogP contribution is -2.21. The molecule has 2 rings (SSSR count). The Morgan fingerprint density at radius 1 is 1.59 bits per heavy atom. The molecular formula is C11H12N2O2S2. The van der Waals surface area contributed by atoms with Gasteiger partial charge in [0.2, 0.25) is 5.91 Å². The molecule has 1 aliphatic rings. The van der Waals surface area contributed by atoms with Crippen molar-refractivity contribution >= 4 is 41.2 Å². The van der Waals surface area contributed by atoms with Crippen molar-refractivity contribution in [1.82, 2.24) is 4.90 Å². The van der Waals surface area contributed by atoms with E-state index in [9.17, 15) is 9.59 Å². The molecule has 0 aromatic heterocycles. The lowest BCUT2D eigenvalue weighted by molar-refractivity contribution is -0.113. The lowest BCUT2D eigenvalue weighted by atomic mass is 10.2. The summed E-state index contributed by atoms with van der Waals surface area (Å²) in [6, 6.07) is 5.81. The summed E-state index contributed by atoms with van der Waals surface area (Å²) in [6.07, 6.45) is 0. The monoisotopic (exact) mass is 268 g/mol. The van der Waals surface area contributed by atoms with E-state index in [-0.39, 0.29) is 11.1 Å². The number of carbonyl (C=O) groups is 2. The van der Waals surface area contributed by atoms with Gasteiger partial charge in [-0.1, -0.05) is 18.7 Å². The van der Waals surface area contributed by atoms with Gasteiger partial charge >= 0.3 is 0 Å². The van der Waals surface area contributed by atoms with Crippen LogP contribution in [0.25, 0.3) is 0 Å². The Morgan fingerprint density at radius 2 is 2.35 bits per heavy atom. The molecule has 0 saturated carbocycles. The first kappa shape index (κ1) is 12.3. The summed E-state index contributed by atoms with van der Waals surface area (Å²) >= 11 is 5.27. The van der Waals surface area contributed by atoms with Crippen molar-refractivity contribution in [1.29, 1.82) is 0 Å². The summed E-state index contributed by atoms with van der Waals surface area (Å²) in [5.74, 6) is 0.472. The molecule has 90 valence electrons. The van der Waals surface area contributed by atoms with Crippen molar-refractivity contribution in [3.8, 4) is 0 Å². The zero-order valence-electron chi connectivity index (χ0n) is 9.27. The van der Waals surface area contributed by atoms with Crippen molar-refractivity contribution in [2.75, 3.05) is 18.1 Å². The van der Waals surface area contributed by atoms with Gasteiger partial charge in [-0.15, -0.1) is 11.8 Å². The van der Waals surface area contributed by atoms with Crippen molar-refractivity contribution in [2.45, 2.75) is 11.4 Å². The van der Waals surface area contributed by atoms with E-state index >= 15 is 0 Å². The van der Waals surface area contributed by atoms with Crippen LogP contribution < -0.4 is 5.32 Å². The average molecular weight is 268 g/mol. The smallest absolute Gasteiger partial charge is 0.278 e. The Labute approximate surface area is 109 Å². The highest BCUT2D eigenvalue weighted by Crippen LogP contribution is 2.32. The fraction of sp³-hybridized carbons (Fsp3) is 0.273. The van der Waals surface area contributed by atoms with Gasteiger partial charge in [-0.05, 0) is 17.7 Å².